The van der Waals surface area contributed by atoms with Crippen molar-refractivity contribution in [2.45, 2.75) is 6.54 Å². The van der Waals surface area contributed by atoms with Gasteiger partial charge in [0.1, 0.15) is 6.33 Å². The number of rotatable bonds is 5. The van der Waals surface area contributed by atoms with Gasteiger partial charge < -0.3 is 9.64 Å². The molecule has 3 heterocycles. The van der Waals surface area contributed by atoms with Crippen LogP contribution in [-0.2, 0) is 6.54 Å². The van der Waals surface area contributed by atoms with E-state index in [4.69, 9.17) is 4.74 Å². The van der Waals surface area contributed by atoms with Crippen LogP contribution in [0.3, 0.4) is 0 Å². The summed E-state index contributed by atoms with van der Waals surface area (Å²) in [7, 11) is 1.64. The van der Waals surface area contributed by atoms with Crippen LogP contribution in [0.25, 0.3) is 10.9 Å². The third-order valence-electron chi connectivity index (χ3n) is 4.60. The lowest BCUT2D eigenvalue weighted by molar-refractivity contribution is 0.239. The topological polar surface area (TPSA) is 72.2 Å². The summed E-state index contributed by atoms with van der Waals surface area (Å²) in [4.78, 5) is 15.1. The van der Waals surface area contributed by atoms with Crippen molar-refractivity contribution >= 4 is 16.6 Å². The molecule has 1 aliphatic heterocycles. The fraction of sp³-hybridized carbons (Fsp3) is 0.412. The SMILES string of the molecule is COc1ncnc2ccc(N3CCN(CCn4nccn4)CC3)cc12. The van der Waals surface area contributed by atoms with Gasteiger partial charge in [0.15, 0.2) is 0 Å². The molecule has 1 aromatic carbocycles. The molecule has 0 radical (unpaired) electrons. The van der Waals surface area contributed by atoms with Gasteiger partial charge in [-0.1, -0.05) is 0 Å². The lowest BCUT2D eigenvalue weighted by Crippen LogP contribution is -2.47. The highest BCUT2D eigenvalue weighted by molar-refractivity contribution is 5.86. The van der Waals surface area contributed by atoms with Gasteiger partial charge in [-0.05, 0) is 18.2 Å². The minimum atomic E-state index is 0.622. The van der Waals surface area contributed by atoms with Gasteiger partial charge in [0.05, 0.1) is 37.0 Å². The quantitative estimate of drug-likeness (QED) is 0.688. The minimum absolute atomic E-state index is 0.622. The standard InChI is InChI=1S/C17H21N7O/c1-25-17-15-12-14(2-3-16(15)18-13-19-17)23-9-6-22(7-10-23)8-11-24-20-4-5-21-24/h2-5,12-13H,6-11H2,1H3. The third-order valence-corrected chi connectivity index (χ3v) is 4.60. The van der Waals surface area contributed by atoms with E-state index in [0.29, 0.717) is 5.88 Å². The average Bonchev–Trinajstić information content (AvgIpc) is 3.19. The van der Waals surface area contributed by atoms with Gasteiger partial charge in [-0.25, -0.2) is 9.97 Å². The van der Waals surface area contributed by atoms with Gasteiger partial charge in [-0.15, -0.1) is 0 Å². The molecule has 2 aromatic heterocycles. The Morgan fingerprint density at radius 1 is 1.00 bits per heavy atom. The van der Waals surface area contributed by atoms with Crippen LogP contribution in [0, 0.1) is 0 Å². The van der Waals surface area contributed by atoms with E-state index in [9.17, 15) is 0 Å². The van der Waals surface area contributed by atoms with Crippen LogP contribution in [0.5, 0.6) is 5.88 Å². The van der Waals surface area contributed by atoms with Gasteiger partial charge in [-0.3, -0.25) is 4.90 Å². The maximum absolute atomic E-state index is 5.36. The maximum atomic E-state index is 5.36. The molecule has 0 amide bonds. The van der Waals surface area contributed by atoms with Gasteiger partial charge >= 0.3 is 0 Å². The van der Waals surface area contributed by atoms with E-state index in [1.165, 1.54) is 12.0 Å². The van der Waals surface area contributed by atoms with E-state index in [0.717, 1.165) is 50.2 Å². The summed E-state index contributed by atoms with van der Waals surface area (Å²) in [6.07, 6.45) is 4.97. The minimum Gasteiger partial charge on any atom is -0.480 e. The smallest absolute Gasteiger partial charge is 0.224 e. The maximum Gasteiger partial charge on any atom is 0.224 e. The lowest BCUT2D eigenvalue weighted by Gasteiger charge is -2.36. The second-order valence-corrected chi connectivity index (χ2v) is 6.04. The molecular formula is C17H21N7O. The van der Waals surface area contributed by atoms with Crippen LogP contribution in [-0.4, -0.2) is 69.7 Å². The number of piperazine rings is 1. The lowest BCUT2D eigenvalue weighted by atomic mass is 10.2. The number of anilines is 1. The Labute approximate surface area is 146 Å². The first-order valence-electron chi connectivity index (χ1n) is 8.43. The van der Waals surface area contributed by atoms with Crippen molar-refractivity contribution in [2.24, 2.45) is 0 Å². The van der Waals surface area contributed by atoms with Gasteiger partial charge in [-0.2, -0.15) is 15.0 Å². The van der Waals surface area contributed by atoms with E-state index in [1.54, 1.807) is 24.3 Å². The van der Waals surface area contributed by atoms with Gasteiger partial charge in [0.2, 0.25) is 5.88 Å². The van der Waals surface area contributed by atoms with E-state index in [2.05, 4.69) is 42.1 Å². The average molecular weight is 339 g/mol. The highest BCUT2D eigenvalue weighted by atomic mass is 16.5. The number of benzene rings is 1. The molecule has 0 spiro atoms. The van der Waals surface area contributed by atoms with Crippen LogP contribution >= 0.6 is 0 Å². The first-order chi connectivity index (χ1) is 12.3. The second-order valence-electron chi connectivity index (χ2n) is 6.04. The van der Waals surface area contributed by atoms with E-state index in [1.807, 2.05) is 6.07 Å². The number of fused-ring (bicyclic) bond motifs is 1. The number of methoxy groups -OCH3 is 1. The first-order valence-corrected chi connectivity index (χ1v) is 8.43. The highest BCUT2D eigenvalue weighted by Gasteiger charge is 2.18. The van der Waals surface area contributed by atoms with Crippen molar-refractivity contribution < 1.29 is 4.74 Å². The zero-order valence-corrected chi connectivity index (χ0v) is 14.2. The number of ether oxygens (including phenoxy) is 1. The highest BCUT2D eigenvalue weighted by Crippen LogP contribution is 2.27. The number of hydrogen-bond donors (Lipinski definition) is 0. The zero-order valence-electron chi connectivity index (χ0n) is 14.2. The van der Waals surface area contributed by atoms with Crippen molar-refractivity contribution in [3.05, 3.63) is 36.9 Å². The van der Waals surface area contributed by atoms with Crippen molar-refractivity contribution in [3.8, 4) is 5.88 Å². The fourth-order valence-electron chi connectivity index (χ4n) is 3.20. The Balaban J connectivity index is 1.41. The molecule has 0 bridgehead atoms. The van der Waals surface area contributed by atoms with Crippen molar-refractivity contribution in [1.29, 1.82) is 0 Å². The van der Waals surface area contributed by atoms with Crippen LogP contribution in [0.4, 0.5) is 5.69 Å². The Hall–Kier alpha value is -2.74. The van der Waals surface area contributed by atoms with Crippen molar-refractivity contribution in [3.63, 3.8) is 0 Å². The summed E-state index contributed by atoms with van der Waals surface area (Å²) < 4.78 is 5.36. The molecule has 1 fully saturated rings. The summed E-state index contributed by atoms with van der Waals surface area (Å²) >= 11 is 0. The number of aromatic nitrogens is 5. The molecular weight excluding hydrogens is 318 g/mol. The fourth-order valence-corrected chi connectivity index (χ4v) is 3.20. The third kappa shape index (κ3) is 3.39. The normalized spacial score (nSPS) is 15.6. The van der Waals surface area contributed by atoms with Crippen molar-refractivity contribution in [1.82, 2.24) is 29.9 Å². The molecule has 0 atom stereocenters. The Bertz CT molecular complexity index is 828. The molecule has 8 heteroatoms. The molecule has 0 N–H and O–H groups in total. The van der Waals surface area contributed by atoms with Gasteiger partial charge in [0, 0.05) is 38.4 Å². The predicted molar refractivity (Wildman–Crippen MR) is 94.8 cm³/mol. The summed E-state index contributed by atoms with van der Waals surface area (Å²) in [5, 5.41) is 9.26. The first kappa shape index (κ1) is 15.8. The molecule has 4 rings (SSSR count). The second kappa shape index (κ2) is 7.02. The molecule has 0 aliphatic carbocycles. The van der Waals surface area contributed by atoms with Crippen molar-refractivity contribution in [2.75, 3.05) is 44.7 Å². The predicted octanol–water partition coefficient (Wildman–Crippen LogP) is 1.05. The molecule has 1 saturated heterocycles. The van der Waals surface area contributed by atoms with Crippen LogP contribution in [0.2, 0.25) is 0 Å². The molecule has 130 valence electrons. The Kier molecular flexibility index (Phi) is 4.43. The largest absolute Gasteiger partial charge is 0.480 e. The molecule has 8 nitrogen and oxygen atoms in total. The van der Waals surface area contributed by atoms with Crippen LogP contribution < -0.4 is 9.64 Å². The summed E-state index contributed by atoms with van der Waals surface area (Å²) in [5.74, 6) is 0.622. The van der Waals surface area contributed by atoms with Crippen LogP contribution in [0.15, 0.2) is 36.9 Å². The molecule has 0 saturated carbocycles. The number of hydrogen-bond acceptors (Lipinski definition) is 7. The molecule has 1 aliphatic rings. The molecule has 3 aromatic rings. The monoisotopic (exact) mass is 339 g/mol. The van der Waals surface area contributed by atoms with Crippen LogP contribution in [0.1, 0.15) is 0 Å². The Morgan fingerprint density at radius 2 is 1.80 bits per heavy atom. The molecule has 0 unspecified atom stereocenters. The molecule has 25 heavy (non-hydrogen) atoms. The van der Waals surface area contributed by atoms with Gasteiger partial charge in [0.25, 0.3) is 0 Å². The van der Waals surface area contributed by atoms with E-state index >= 15 is 0 Å². The summed E-state index contributed by atoms with van der Waals surface area (Å²) in [6, 6.07) is 6.28. The summed E-state index contributed by atoms with van der Waals surface area (Å²) in [6.45, 7) is 5.85. The number of nitrogens with zero attached hydrogens (tertiary/aromatic N) is 7. The van der Waals surface area contributed by atoms with E-state index < -0.39 is 0 Å². The zero-order chi connectivity index (χ0) is 17.1. The van der Waals surface area contributed by atoms with E-state index in [-0.39, 0.29) is 0 Å². The summed E-state index contributed by atoms with van der Waals surface area (Å²) in [5.41, 5.74) is 2.09. The Morgan fingerprint density at radius 3 is 2.56 bits per heavy atom.